The van der Waals surface area contributed by atoms with Crippen LogP contribution in [0.2, 0.25) is 0 Å². The number of aliphatic imine (C=N–C) groups is 1. The van der Waals surface area contributed by atoms with E-state index in [0.717, 1.165) is 45.2 Å². The highest BCUT2D eigenvalue weighted by molar-refractivity contribution is 14.0. The fourth-order valence-electron chi connectivity index (χ4n) is 1.95. The van der Waals surface area contributed by atoms with E-state index in [9.17, 15) is 4.79 Å². The number of carbonyl (C=O) groups excluding carboxylic acids is 1. The molecule has 3 N–H and O–H groups in total. The van der Waals surface area contributed by atoms with Crippen LogP contribution >= 0.6 is 24.0 Å². The molecular formula is C16H36IN5O2. The number of likely N-dealkylation sites (N-methyl/N-ethyl adjacent to an activating group) is 1. The Morgan fingerprint density at radius 1 is 1.25 bits per heavy atom. The topological polar surface area (TPSA) is 78.0 Å². The Labute approximate surface area is 164 Å². The lowest BCUT2D eigenvalue weighted by atomic mass is 10.3. The van der Waals surface area contributed by atoms with Gasteiger partial charge in [0.05, 0.1) is 6.54 Å². The van der Waals surface area contributed by atoms with E-state index in [1.54, 1.807) is 7.11 Å². The molecule has 0 radical (unpaired) electrons. The van der Waals surface area contributed by atoms with Gasteiger partial charge in [-0.3, -0.25) is 9.79 Å². The number of carbonyl (C=O) groups is 1. The summed E-state index contributed by atoms with van der Waals surface area (Å²) in [5.74, 6) is 0.816. The number of rotatable bonds is 12. The first-order valence-electron chi connectivity index (χ1n) is 8.48. The monoisotopic (exact) mass is 457 g/mol. The van der Waals surface area contributed by atoms with Crippen molar-refractivity contribution in [2.75, 3.05) is 53.5 Å². The van der Waals surface area contributed by atoms with Gasteiger partial charge in [-0.2, -0.15) is 0 Å². The van der Waals surface area contributed by atoms with Crippen molar-refractivity contribution in [2.24, 2.45) is 4.99 Å². The molecule has 1 amide bonds. The molecule has 0 heterocycles. The quantitative estimate of drug-likeness (QED) is 0.177. The summed E-state index contributed by atoms with van der Waals surface area (Å²) in [6, 6.07) is 0.179. The minimum absolute atomic E-state index is 0. The van der Waals surface area contributed by atoms with E-state index in [-0.39, 0.29) is 35.9 Å². The zero-order chi connectivity index (χ0) is 17.5. The van der Waals surface area contributed by atoms with Gasteiger partial charge in [0.25, 0.3) is 0 Å². The first-order valence-corrected chi connectivity index (χ1v) is 8.48. The standard InChI is InChI=1S/C16H35N5O2.HI/c1-6-17-16(18-9-8-15(22)20-14(2)3)19-10-12-21(4)11-7-13-23-5;/h14H,6-13H2,1-5H3,(H,20,22)(H2,17,18,19);1H. The minimum Gasteiger partial charge on any atom is -0.385 e. The molecule has 0 saturated carbocycles. The predicted molar refractivity (Wildman–Crippen MR) is 111 cm³/mol. The molecule has 144 valence electrons. The number of methoxy groups -OCH3 is 1. The van der Waals surface area contributed by atoms with E-state index in [4.69, 9.17) is 4.74 Å². The molecule has 0 fully saturated rings. The molecule has 0 atom stereocenters. The zero-order valence-electron chi connectivity index (χ0n) is 15.9. The summed E-state index contributed by atoms with van der Waals surface area (Å²) in [4.78, 5) is 18.4. The number of nitrogens with one attached hydrogen (secondary N) is 3. The van der Waals surface area contributed by atoms with Gasteiger partial charge in [0.2, 0.25) is 5.91 Å². The minimum atomic E-state index is 0. The summed E-state index contributed by atoms with van der Waals surface area (Å²) >= 11 is 0. The third-order valence-corrected chi connectivity index (χ3v) is 3.08. The molecule has 0 aromatic heterocycles. The van der Waals surface area contributed by atoms with Crippen molar-refractivity contribution in [1.82, 2.24) is 20.9 Å². The lowest BCUT2D eigenvalue weighted by Crippen LogP contribution is -2.40. The van der Waals surface area contributed by atoms with Crippen molar-refractivity contribution in [3.05, 3.63) is 0 Å². The van der Waals surface area contributed by atoms with Gasteiger partial charge >= 0.3 is 0 Å². The Bertz CT molecular complexity index is 340. The van der Waals surface area contributed by atoms with Crippen molar-refractivity contribution in [3.8, 4) is 0 Å². The van der Waals surface area contributed by atoms with Gasteiger partial charge in [-0.05, 0) is 34.2 Å². The number of halogens is 1. The van der Waals surface area contributed by atoms with Crippen LogP contribution in [0.4, 0.5) is 0 Å². The van der Waals surface area contributed by atoms with Crippen molar-refractivity contribution in [2.45, 2.75) is 39.7 Å². The Hall–Kier alpha value is -0.610. The van der Waals surface area contributed by atoms with Gasteiger partial charge in [0, 0.05) is 52.4 Å². The number of ether oxygens (including phenoxy) is 1. The molecule has 0 aliphatic rings. The van der Waals surface area contributed by atoms with E-state index >= 15 is 0 Å². The molecule has 0 aliphatic carbocycles. The highest BCUT2D eigenvalue weighted by Crippen LogP contribution is 1.89. The largest absolute Gasteiger partial charge is 0.385 e. The second-order valence-corrected chi connectivity index (χ2v) is 5.81. The Balaban J connectivity index is 0. The van der Waals surface area contributed by atoms with Crippen LogP contribution in [-0.4, -0.2) is 76.3 Å². The molecule has 24 heavy (non-hydrogen) atoms. The van der Waals surface area contributed by atoms with Crippen molar-refractivity contribution in [3.63, 3.8) is 0 Å². The van der Waals surface area contributed by atoms with Crippen molar-refractivity contribution < 1.29 is 9.53 Å². The van der Waals surface area contributed by atoms with Gasteiger partial charge in [-0.15, -0.1) is 24.0 Å². The normalized spacial score (nSPS) is 11.4. The average Bonchev–Trinajstić information content (AvgIpc) is 2.46. The molecule has 0 rings (SSSR count). The van der Waals surface area contributed by atoms with Gasteiger partial charge in [-0.25, -0.2) is 0 Å². The summed E-state index contributed by atoms with van der Waals surface area (Å²) in [5.41, 5.74) is 0. The molecule has 0 aliphatic heterocycles. The van der Waals surface area contributed by atoms with Crippen molar-refractivity contribution in [1.29, 1.82) is 0 Å². The average molecular weight is 457 g/mol. The summed E-state index contributed by atoms with van der Waals surface area (Å²) in [6.45, 7) is 10.7. The summed E-state index contributed by atoms with van der Waals surface area (Å²) in [6.07, 6.45) is 1.47. The first kappa shape index (κ1) is 25.6. The first-order chi connectivity index (χ1) is 11.0. The SMILES string of the molecule is CCNC(=NCCN(C)CCCOC)NCCC(=O)NC(C)C.I. The summed E-state index contributed by atoms with van der Waals surface area (Å²) in [5, 5.41) is 9.26. The molecule has 0 spiro atoms. The van der Waals surface area contributed by atoms with Crippen LogP contribution in [0.25, 0.3) is 0 Å². The van der Waals surface area contributed by atoms with Crippen LogP contribution in [0.5, 0.6) is 0 Å². The number of guanidine groups is 1. The maximum atomic E-state index is 11.6. The number of hydrogen-bond donors (Lipinski definition) is 3. The Morgan fingerprint density at radius 3 is 2.54 bits per heavy atom. The summed E-state index contributed by atoms with van der Waals surface area (Å²) < 4.78 is 5.05. The Morgan fingerprint density at radius 2 is 1.96 bits per heavy atom. The second kappa shape index (κ2) is 17.2. The van der Waals surface area contributed by atoms with Crippen LogP contribution in [0.15, 0.2) is 4.99 Å². The summed E-state index contributed by atoms with van der Waals surface area (Å²) in [7, 11) is 3.81. The van der Waals surface area contributed by atoms with Gasteiger partial charge in [-0.1, -0.05) is 0 Å². The molecule has 0 unspecified atom stereocenters. The van der Waals surface area contributed by atoms with Gasteiger partial charge in [0.1, 0.15) is 0 Å². The fraction of sp³-hybridized carbons (Fsp3) is 0.875. The molecule has 0 aromatic rings. The molecular weight excluding hydrogens is 421 g/mol. The molecule has 0 aromatic carbocycles. The van der Waals surface area contributed by atoms with Gasteiger partial charge < -0.3 is 25.6 Å². The number of hydrogen-bond acceptors (Lipinski definition) is 4. The van der Waals surface area contributed by atoms with E-state index < -0.39 is 0 Å². The van der Waals surface area contributed by atoms with Crippen LogP contribution in [0.1, 0.15) is 33.6 Å². The van der Waals surface area contributed by atoms with Crippen LogP contribution in [0, 0.1) is 0 Å². The molecule has 7 nitrogen and oxygen atoms in total. The van der Waals surface area contributed by atoms with E-state index in [2.05, 4.69) is 32.9 Å². The highest BCUT2D eigenvalue weighted by Gasteiger charge is 2.04. The maximum Gasteiger partial charge on any atom is 0.221 e. The number of nitrogens with zero attached hydrogens (tertiary/aromatic N) is 2. The smallest absolute Gasteiger partial charge is 0.221 e. The predicted octanol–water partition coefficient (Wildman–Crippen LogP) is 1.04. The van der Waals surface area contributed by atoms with Gasteiger partial charge in [0.15, 0.2) is 5.96 Å². The van der Waals surface area contributed by atoms with E-state index in [1.165, 1.54) is 0 Å². The fourth-order valence-corrected chi connectivity index (χ4v) is 1.95. The van der Waals surface area contributed by atoms with Crippen LogP contribution in [0.3, 0.4) is 0 Å². The zero-order valence-corrected chi connectivity index (χ0v) is 18.2. The molecule has 8 heteroatoms. The lowest BCUT2D eigenvalue weighted by Gasteiger charge is -2.16. The second-order valence-electron chi connectivity index (χ2n) is 5.81. The van der Waals surface area contributed by atoms with E-state index in [1.807, 2.05) is 20.8 Å². The maximum absolute atomic E-state index is 11.6. The third-order valence-electron chi connectivity index (χ3n) is 3.08. The third kappa shape index (κ3) is 16.3. The number of amides is 1. The molecule has 0 saturated heterocycles. The van der Waals surface area contributed by atoms with E-state index in [0.29, 0.717) is 13.0 Å². The van der Waals surface area contributed by atoms with Crippen molar-refractivity contribution >= 4 is 35.8 Å². The van der Waals surface area contributed by atoms with Crippen LogP contribution in [-0.2, 0) is 9.53 Å². The lowest BCUT2D eigenvalue weighted by molar-refractivity contribution is -0.121. The highest BCUT2D eigenvalue weighted by atomic mass is 127. The van der Waals surface area contributed by atoms with Crippen LogP contribution < -0.4 is 16.0 Å². The Kier molecular flexibility index (Phi) is 18.4. The molecule has 0 bridgehead atoms.